The van der Waals surface area contributed by atoms with Crippen LogP contribution in [0.1, 0.15) is 5.82 Å². The Hall–Kier alpha value is -1.66. The van der Waals surface area contributed by atoms with Gasteiger partial charge < -0.3 is 4.98 Å². The molecule has 0 spiro atoms. The second-order valence-electron chi connectivity index (χ2n) is 2.96. The van der Waals surface area contributed by atoms with Crippen LogP contribution in [-0.4, -0.2) is 22.9 Å². The van der Waals surface area contributed by atoms with Crippen LogP contribution >= 0.6 is 0 Å². The van der Waals surface area contributed by atoms with Crippen molar-refractivity contribution in [2.75, 3.05) is 0 Å². The van der Waals surface area contributed by atoms with E-state index in [0.29, 0.717) is 0 Å². The van der Waals surface area contributed by atoms with Crippen LogP contribution in [0.15, 0.2) is 47.6 Å². The van der Waals surface area contributed by atoms with Crippen LogP contribution in [0.3, 0.4) is 0 Å². The van der Waals surface area contributed by atoms with Crippen molar-refractivity contribution < 1.29 is 13.0 Å². The molecule has 0 aliphatic carbocycles. The van der Waals surface area contributed by atoms with Gasteiger partial charge in [0.15, 0.2) is 0 Å². The van der Waals surface area contributed by atoms with Gasteiger partial charge in [-0.05, 0) is 19.1 Å². The minimum absolute atomic E-state index is 0.0741. The van der Waals surface area contributed by atoms with Crippen LogP contribution in [0.25, 0.3) is 0 Å². The lowest BCUT2D eigenvalue weighted by Crippen LogP contribution is -1.96. The van der Waals surface area contributed by atoms with Crippen molar-refractivity contribution in [1.29, 1.82) is 0 Å². The molecule has 6 heteroatoms. The van der Waals surface area contributed by atoms with Crippen molar-refractivity contribution in [2.24, 2.45) is 0 Å². The van der Waals surface area contributed by atoms with Gasteiger partial charge in [0, 0.05) is 12.4 Å². The number of aromatic nitrogens is 2. The average molecular weight is 240 g/mol. The number of benzene rings is 1. The van der Waals surface area contributed by atoms with Crippen LogP contribution in [0.2, 0.25) is 0 Å². The minimum Gasteiger partial charge on any atom is -0.349 e. The van der Waals surface area contributed by atoms with Crippen molar-refractivity contribution >= 4 is 10.1 Å². The van der Waals surface area contributed by atoms with Crippen molar-refractivity contribution in [1.82, 2.24) is 9.97 Å². The maximum Gasteiger partial charge on any atom is 0.294 e. The highest BCUT2D eigenvalue weighted by Gasteiger charge is 2.05. The molecule has 0 unspecified atom stereocenters. The van der Waals surface area contributed by atoms with Gasteiger partial charge >= 0.3 is 0 Å². The zero-order chi connectivity index (χ0) is 12.0. The van der Waals surface area contributed by atoms with Gasteiger partial charge in [-0.3, -0.25) is 4.55 Å². The molecule has 86 valence electrons. The first-order chi connectivity index (χ1) is 7.50. The molecule has 2 rings (SSSR count). The molecule has 0 saturated heterocycles. The van der Waals surface area contributed by atoms with E-state index in [0.717, 1.165) is 5.82 Å². The highest BCUT2D eigenvalue weighted by Crippen LogP contribution is 2.05. The summed E-state index contributed by atoms with van der Waals surface area (Å²) in [5.74, 6) is 0.968. The minimum atomic E-state index is -4.00. The van der Waals surface area contributed by atoms with Crippen LogP contribution in [-0.2, 0) is 10.1 Å². The molecule has 2 N–H and O–H groups in total. The lowest BCUT2D eigenvalue weighted by atomic mass is 10.4. The molecule has 0 fully saturated rings. The summed E-state index contributed by atoms with van der Waals surface area (Å²) in [7, 11) is -4.00. The van der Waals surface area contributed by atoms with E-state index in [2.05, 4.69) is 9.97 Å². The van der Waals surface area contributed by atoms with Gasteiger partial charge in [0.1, 0.15) is 5.82 Å². The van der Waals surface area contributed by atoms with Crippen LogP contribution in [0, 0.1) is 6.92 Å². The van der Waals surface area contributed by atoms with Crippen LogP contribution in [0.4, 0.5) is 0 Å². The number of nitrogens with zero attached hydrogens (tertiary/aromatic N) is 1. The number of imidazole rings is 1. The first-order valence-corrected chi connectivity index (χ1v) is 5.92. The molecular formula is C10H12N2O3S. The standard InChI is InChI=1S/C6H6O3S.C4H6N2/c7-10(8,9)6-4-2-1-3-5-6;1-4-5-2-3-6-4/h1-5H,(H,7,8,9);2-3H,1H3,(H,5,6). The normalized spacial score (nSPS) is 10.4. The van der Waals surface area contributed by atoms with Crippen molar-refractivity contribution in [2.45, 2.75) is 11.8 Å². The molecule has 0 radical (unpaired) electrons. The molecule has 0 atom stereocenters. The van der Waals surface area contributed by atoms with E-state index in [1.165, 1.54) is 12.1 Å². The summed E-state index contributed by atoms with van der Waals surface area (Å²) in [5.41, 5.74) is 0. The summed E-state index contributed by atoms with van der Waals surface area (Å²) in [6.07, 6.45) is 3.53. The highest BCUT2D eigenvalue weighted by atomic mass is 32.2. The fourth-order valence-electron chi connectivity index (χ4n) is 0.937. The Morgan fingerprint density at radius 3 is 2.12 bits per heavy atom. The smallest absolute Gasteiger partial charge is 0.294 e. The van der Waals surface area contributed by atoms with E-state index in [1.807, 2.05) is 6.92 Å². The monoisotopic (exact) mass is 240 g/mol. The maximum atomic E-state index is 10.4. The lowest BCUT2D eigenvalue weighted by Gasteiger charge is -1.92. The summed E-state index contributed by atoms with van der Waals surface area (Å²) >= 11 is 0. The van der Waals surface area contributed by atoms with Gasteiger partial charge in [-0.1, -0.05) is 18.2 Å². The molecule has 0 aliphatic rings. The summed E-state index contributed by atoms with van der Waals surface area (Å²) in [6, 6.07) is 7.42. The van der Waals surface area contributed by atoms with E-state index in [9.17, 15) is 8.42 Å². The fourth-order valence-corrected chi connectivity index (χ4v) is 1.44. The molecule has 2 aromatic rings. The number of aryl methyl sites for hydroxylation is 1. The summed E-state index contributed by atoms with van der Waals surface area (Å²) in [6.45, 7) is 1.92. The Labute approximate surface area is 93.9 Å². The topological polar surface area (TPSA) is 83.0 Å². The highest BCUT2D eigenvalue weighted by molar-refractivity contribution is 7.85. The predicted molar refractivity (Wildman–Crippen MR) is 59.6 cm³/mol. The second-order valence-corrected chi connectivity index (χ2v) is 4.38. The number of hydrogen-bond acceptors (Lipinski definition) is 3. The third-order valence-corrected chi connectivity index (χ3v) is 2.54. The van der Waals surface area contributed by atoms with Gasteiger partial charge in [0.2, 0.25) is 0 Å². The van der Waals surface area contributed by atoms with Gasteiger partial charge in [0.25, 0.3) is 10.1 Å². The molecule has 1 heterocycles. The molecule has 0 amide bonds. The Morgan fingerprint density at radius 1 is 1.25 bits per heavy atom. The zero-order valence-corrected chi connectivity index (χ0v) is 9.48. The first kappa shape index (κ1) is 12.4. The largest absolute Gasteiger partial charge is 0.349 e. The Balaban J connectivity index is 0.000000181. The van der Waals surface area contributed by atoms with Gasteiger partial charge in [0.05, 0.1) is 4.90 Å². The third kappa shape index (κ3) is 4.24. The van der Waals surface area contributed by atoms with Crippen molar-refractivity contribution in [3.63, 3.8) is 0 Å². The summed E-state index contributed by atoms with van der Waals surface area (Å²) in [4.78, 5) is 6.68. The van der Waals surface area contributed by atoms with E-state index in [4.69, 9.17) is 4.55 Å². The first-order valence-electron chi connectivity index (χ1n) is 4.48. The molecular weight excluding hydrogens is 228 g/mol. The number of aromatic amines is 1. The zero-order valence-electron chi connectivity index (χ0n) is 8.66. The van der Waals surface area contributed by atoms with E-state index < -0.39 is 10.1 Å². The molecule has 0 bridgehead atoms. The summed E-state index contributed by atoms with van der Waals surface area (Å²) < 4.78 is 29.2. The molecule has 16 heavy (non-hydrogen) atoms. The van der Waals surface area contributed by atoms with E-state index in [-0.39, 0.29) is 4.90 Å². The van der Waals surface area contributed by atoms with E-state index >= 15 is 0 Å². The fraction of sp³-hybridized carbons (Fsp3) is 0.100. The molecule has 1 aromatic heterocycles. The van der Waals surface area contributed by atoms with Gasteiger partial charge in [-0.25, -0.2) is 4.98 Å². The second kappa shape index (κ2) is 5.43. The third-order valence-electron chi connectivity index (χ3n) is 1.68. The molecule has 0 aliphatic heterocycles. The Morgan fingerprint density at radius 2 is 1.88 bits per heavy atom. The molecule has 0 saturated carbocycles. The Kier molecular flexibility index (Phi) is 4.21. The summed E-state index contributed by atoms with van der Waals surface area (Å²) in [5, 5.41) is 0. The number of H-pyrrole nitrogens is 1. The lowest BCUT2D eigenvalue weighted by molar-refractivity contribution is 0.483. The SMILES string of the molecule is Cc1ncc[nH]1.O=S(=O)(O)c1ccccc1. The molecule has 5 nitrogen and oxygen atoms in total. The van der Waals surface area contributed by atoms with Crippen molar-refractivity contribution in [3.8, 4) is 0 Å². The van der Waals surface area contributed by atoms with Crippen molar-refractivity contribution in [3.05, 3.63) is 48.5 Å². The molecule has 1 aromatic carbocycles. The van der Waals surface area contributed by atoms with Crippen LogP contribution in [0.5, 0.6) is 0 Å². The van der Waals surface area contributed by atoms with Crippen LogP contribution < -0.4 is 0 Å². The van der Waals surface area contributed by atoms with E-state index in [1.54, 1.807) is 30.6 Å². The maximum absolute atomic E-state index is 10.4. The van der Waals surface area contributed by atoms with Gasteiger partial charge in [-0.15, -0.1) is 0 Å². The predicted octanol–water partition coefficient (Wildman–Crippen LogP) is 1.65. The quantitative estimate of drug-likeness (QED) is 0.742. The Bertz CT molecular complexity index is 506. The number of nitrogens with one attached hydrogen (secondary N) is 1. The average Bonchev–Trinajstić information content (AvgIpc) is 2.70. The van der Waals surface area contributed by atoms with Gasteiger partial charge in [-0.2, -0.15) is 8.42 Å². The number of hydrogen-bond donors (Lipinski definition) is 2. The number of rotatable bonds is 1.